The highest BCUT2D eigenvalue weighted by molar-refractivity contribution is 5.84. The molecule has 1 saturated heterocycles. The Morgan fingerprint density at radius 3 is 2.10 bits per heavy atom. The molecule has 5 nitrogen and oxygen atoms in total. The molecule has 114 valence electrons. The summed E-state index contributed by atoms with van der Waals surface area (Å²) in [4.78, 5) is 23.8. The minimum Gasteiger partial charge on any atom is -0.481 e. The van der Waals surface area contributed by atoms with Gasteiger partial charge in [-0.2, -0.15) is 13.2 Å². The number of halogens is 3. The molecule has 0 aromatic carbocycles. The Bertz CT molecular complexity index is 470. The van der Waals surface area contributed by atoms with E-state index in [9.17, 15) is 22.8 Å². The van der Waals surface area contributed by atoms with Gasteiger partial charge < -0.3 is 14.7 Å². The summed E-state index contributed by atoms with van der Waals surface area (Å²) in [5.74, 6) is -1.51. The second-order valence-corrected chi connectivity index (χ2v) is 6.48. The number of likely N-dealkylation sites (tertiary alicyclic amines) is 1. The summed E-state index contributed by atoms with van der Waals surface area (Å²) in [5, 5.41) is 9.10. The van der Waals surface area contributed by atoms with Crippen LogP contribution in [0.3, 0.4) is 0 Å². The molecule has 2 fully saturated rings. The first kappa shape index (κ1) is 14.9. The minimum atomic E-state index is -4.65. The topological polar surface area (TPSA) is 66.8 Å². The van der Waals surface area contributed by atoms with Gasteiger partial charge in [-0.1, -0.05) is 0 Å². The van der Waals surface area contributed by atoms with Crippen LogP contribution in [-0.4, -0.2) is 46.9 Å². The first-order chi connectivity index (χ1) is 8.85. The zero-order valence-electron chi connectivity index (χ0n) is 11.4. The Labute approximate surface area is 113 Å². The monoisotopic (exact) mass is 295 g/mol. The van der Waals surface area contributed by atoms with Crippen molar-refractivity contribution in [1.82, 2.24) is 4.90 Å². The number of fused-ring (bicyclic) bond motifs is 1. The molecule has 1 heterocycles. The number of carboxylic acid groups (broad SMARTS) is 1. The van der Waals surface area contributed by atoms with Crippen molar-refractivity contribution in [3.63, 3.8) is 0 Å². The average Bonchev–Trinajstić information content (AvgIpc) is 2.75. The van der Waals surface area contributed by atoms with Gasteiger partial charge in [-0.25, -0.2) is 4.79 Å². The van der Waals surface area contributed by atoms with Gasteiger partial charge in [0.2, 0.25) is 0 Å². The van der Waals surface area contributed by atoms with E-state index in [1.807, 2.05) is 0 Å². The molecular weight excluding hydrogens is 279 g/mol. The van der Waals surface area contributed by atoms with Crippen LogP contribution in [0.1, 0.15) is 27.2 Å². The number of carbonyl (C=O) groups is 2. The fraction of sp³-hybridized carbons (Fsp3) is 0.833. The molecule has 0 aromatic rings. The standard InChI is InChI=1S/C12H16F3NO4/c1-9(2,3)20-8(19)16-5-10(7(17)18)4-11(10,6-16)12(13,14)15/h4-6H2,1-3H3,(H,17,18)/t10-,11+/m0/s1. The van der Waals surface area contributed by atoms with Crippen molar-refractivity contribution < 1.29 is 32.6 Å². The van der Waals surface area contributed by atoms with E-state index < -0.39 is 54.2 Å². The molecule has 1 N–H and O–H groups in total. The first-order valence-corrected chi connectivity index (χ1v) is 6.13. The Balaban J connectivity index is 2.21. The molecule has 1 saturated carbocycles. The maximum Gasteiger partial charge on any atom is 0.410 e. The Morgan fingerprint density at radius 2 is 1.75 bits per heavy atom. The van der Waals surface area contributed by atoms with Gasteiger partial charge in [0.1, 0.15) is 16.4 Å². The van der Waals surface area contributed by atoms with Gasteiger partial charge in [-0.15, -0.1) is 0 Å². The van der Waals surface area contributed by atoms with Crippen LogP contribution in [0.4, 0.5) is 18.0 Å². The summed E-state index contributed by atoms with van der Waals surface area (Å²) >= 11 is 0. The van der Waals surface area contributed by atoms with Crippen molar-refractivity contribution in [3.05, 3.63) is 0 Å². The summed E-state index contributed by atoms with van der Waals surface area (Å²) in [5.41, 5.74) is -5.09. The predicted molar refractivity (Wildman–Crippen MR) is 61.0 cm³/mol. The first-order valence-electron chi connectivity index (χ1n) is 6.13. The Kier molecular flexibility index (Phi) is 2.83. The molecule has 0 aromatic heterocycles. The number of carbonyl (C=O) groups excluding carboxylic acids is 1. The highest BCUT2D eigenvalue weighted by atomic mass is 19.4. The molecule has 0 unspecified atom stereocenters. The number of rotatable bonds is 1. The van der Waals surface area contributed by atoms with E-state index in [1.165, 1.54) is 0 Å². The molecule has 2 atom stereocenters. The number of ether oxygens (including phenoxy) is 1. The van der Waals surface area contributed by atoms with E-state index >= 15 is 0 Å². The van der Waals surface area contributed by atoms with Crippen molar-refractivity contribution in [2.24, 2.45) is 10.8 Å². The number of carboxylic acids is 1. The number of alkyl halides is 3. The van der Waals surface area contributed by atoms with Crippen LogP contribution in [-0.2, 0) is 9.53 Å². The maximum absolute atomic E-state index is 13.1. The summed E-state index contributed by atoms with van der Waals surface area (Å²) in [7, 11) is 0. The minimum absolute atomic E-state index is 0.462. The van der Waals surface area contributed by atoms with E-state index in [4.69, 9.17) is 9.84 Å². The molecule has 0 radical (unpaired) electrons. The van der Waals surface area contributed by atoms with Crippen molar-refractivity contribution >= 4 is 12.1 Å². The third-order valence-electron chi connectivity index (χ3n) is 3.92. The quantitative estimate of drug-likeness (QED) is 0.805. The lowest BCUT2D eigenvalue weighted by molar-refractivity contribution is -0.196. The number of piperidine rings is 1. The molecule has 1 aliphatic carbocycles. The number of aliphatic carboxylic acids is 1. The lowest BCUT2D eigenvalue weighted by atomic mass is 9.96. The van der Waals surface area contributed by atoms with E-state index in [0.717, 1.165) is 4.90 Å². The molecule has 8 heteroatoms. The fourth-order valence-corrected chi connectivity index (χ4v) is 2.86. The van der Waals surface area contributed by atoms with E-state index in [0.29, 0.717) is 0 Å². The van der Waals surface area contributed by atoms with Gasteiger partial charge in [-0.3, -0.25) is 4.79 Å². The number of hydrogen-bond donors (Lipinski definition) is 1. The van der Waals surface area contributed by atoms with Crippen molar-refractivity contribution in [3.8, 4) is 0 Å². The number of hydrogen-bond acceptors (Lipinski definition) is 3. The third kappa shape index (κ3) is 1.92. The van der Waals surface area contributed by atoms with Crippen molar-refractivity contribution in [2.75, 3.05) is 13.1 Å². The molecule has 1 aliphatic heterocycles. The Morgan fingerprint density at radius 1 is 1.20 bits per heavy atom. The summed E-state index contributed by atoms with van der Waals surface area (Å²) < 4.78 is 44.4. The summed E-state index contributed by atoms with van der Waals surface area (Å²) in [6.45, 7) is 3.66. The van der Waals surface area contributed by atoms with Crippen LogP contribution in [0.15, 0.2) is 0 Å². The normalized spacial score (nSPS) is 32.8. The molecule has 2 rings (SSSR count). The number of nitrogens with zero attached hydrogens (tertiary/aromatic N) is 1. The van der Waals surface area contributed by atoms with Crippen LogP contribution in [0, 0.1) is 10.8 Å². The van der Waals surface area contributed by atoms with Gasteiger partial charge >= 0.3 is 18.2 Å². The van der Waals surface area contributed by atoms with Crippen molar-refractivity contribution in [1.29, 1.82) is 0 Å². The van der Waals surface area contributed by atoms with Crippen LogP contribution in [0.2, 0.25) is 0 Å². The molecule has 20 heavy (non-hydrogen) atoms. The Hall–Kier alpha value is -1.47. The number of amides is 1. The fourth-order valence-electron chi connectivity index (χ4n) is 2.86. The predicted octanol–water partition coefficient (Wildman–Crippen LogP) is 2.26. The lowest BCUT2D eigenvalue weighted by Gasteiger charge is -2.26. The van der Waals surface area contributed by atoms with Crippen LogP contribution in [0.5, 0.6) is 0 Å². The highest BCUT2D eigenvalue weighted by Gasteiger charge is 2.87. The molecule has 0 bridgehead atoms. The van der Waals surface area contributed by atoms with Gasteiger partial charge in [0.25, 0.3) is 0 Å². The molecule has 2 aliphatic rings. The van der Waals surface area contributed by atoms with Crippen LogP contribution in [0.25, 0.3) is 0 Å². The summed E-state index contributed by atoms with van der Waals surface area (Å²) in [6.07, 6.45) is -6.03. The average molecular weight is 295 g/mol. The van der Waals surface area contributed by atoms with E-state index in [1.54, 1.807) is 20.8 Å². The SMILES string of the molecule is CC(C)(C)OC(=O)N1C[C@]2(C(=O)O)C[C@@]2(C(F)(F)F)C1. The van der Waals surface area contributed by atoms with Gasteiger partial charge in [0, 0.05) is 13.1 Å². The van der Waals surface area contributed by atoms with E-state index in [2.05, 4.69) is 0 Å². The second kappa shape index (κ2) is 3.79. The molecule has 0 spiro atoms. The second-order valence-electron chi connectivity index (χ2n) is 6.48. The maximum atomic E-state index is 13.1. The zero-order chi connectivity index (χ0) is 15.6. The van der Waals surface area contributed by atoms with Crippen molar-refractivity contribution in [2.45, 2.75) is 39.0 Å². The highest BCUT2D eigenvalue weighted by Crippen LogP contribution is 2.74. The van der Waals surface area contributed by atoms with Gasteiger partial charge in [0.05, 0.1) is 0 Å². The zero-order valence-corrected chi connectivity index (χ0v) is 11.4. The van der Waals surface area contributed by atoms with Crippen LogP contribution >= 0.6 is 0 Å². The molecule has 1 amide bonds. The lowest BCUT2D eigenvalue weighted by Crippen LogP contribution is -2.39. The van der Waals surface area contributed by atoms with E-state index in [-0.39, 0.29) is 0 Å². The van der Waals surface area contributed by atoms with Gasteiger partial charge in [0.15, 0.2) is 0 Å². The smallest absolute Gasteiger partial charge is 0.410 e. The van der Waals surface area contributed by atoms with Gasteiger partial charge in [-0.05, 0) is 27.2 Å². The van der Waals surface area contributed by atoms with Crippen LogP contribution < -0.4 is 0 Å². The largest absolute Gasteiger partial charge is 0.481 e. The molecular formula is C12H16F3NO4. The third-order valence-corrected chi connectivity index (χ3v) is 3.92. The summed E-state index contributed by atoms with van der Waals surface area (Å²) in [6, 6.07) is 0.